The molecule has 0 aliphatic heterocycles. The molecule has 33 heavy (non-hydrogen) atoms. The Labute approximate surface area is 190 Å². The third kappa shape index (κ3) is 4.93. The average Bonchev–Trinajstić information content (AvgIpc) is 3.49. The number of aliphatic hydroxyl groups excluding tert-OH is 1. The lowest BCUT2D eigenvalue weighted by Gasteiger charge is -2.10. The van der Waals surface area contributed by atoms with E-state index in [1.54, 1.807) is 19.3 Å². The highest BCUT2D eigenvalue weighted by Crippen LogP contribution is 2.33. The molecule has 0 unspecified atom stereocenters. The van der Waals surface area contributed by atoms with Gasteiger partial charge in [-0.3, -0.25) is 9.79 Å². The number of carbonyl (C=O) groups is 1. The number of aliphatic imine (C=N–C) groups is 1. The van der Waals surface area contributed by atoms with E-state index in [2.05, 4.69) is 25.3 Å². The van der Waals surface area contributed by atoms with Crippen LogP contribution in [0.2, 0.25) is 0 Å². The van der Waals surface area contributed by atoms with E-state index in [-0.39, 0.29) is 24.5 Å². The Balaban J connectivity index is 1.56. The number of allylic oxidation sites excluding steroid dienone is 1. The molecule has 9 heteroatoms. The Morgan fingerprint density at radius 1 is 1.36 bits per heavy atom. The Hall–Kier alpha value is -3.59. The monoisotopic (exact) mass is 450 g/mol. The van der Waals surface area contributed by atoms with Gasteiger partial charge in [0.15, 0.2) is 5.69 Å². The molecule has 8 nitrogen and oxygen atoms in total. The number of hydrogen-bond acceptors (Lipinski definition) is 6. The van der Waals surface area contributed by atoms with Crippen molar-refractivity contribution in [3.05, 3.63) is 64.6 Å². The number of hydrogen-bond donors (Lipinski definition) is 4. The lowest BCUT2D eigenvalue weighted by Crippen LogP contribution is -2.24. The van der Waals surface area contributed by atoms with Crippen molar-refractivity contribution in [2.45, 2.75) is 38.1 Å². The number of nitrogens with one attached hydrogen (secondary N) is 2. The number of halogens is 1. The summed E-state index contributed by atoms with van der Waals surface area (Å²) in [6.07, 6.45) is 7.61. The summed E-state index contributed by atoms with van der Waals surface area (Å²) in [4.78, 5) is 29.1. The average molecular weight is 451 g/mol. The number of aromatic amines is 1. The molecule has 1 aromatic carbocycles. The highest BCUT2D eigenvalue weighted by molar-refractivity contribution is 6.11. The molecule has 1 fully saturated rings. The van der Waals surface area contributed by atoms with Gasteiger partial charge in [-0.05, 0) is 48.2 Å². The fourth-order valence-corrected chi connectivity index (χ4v) is 4.24. The molecule has 0 atom stereocenters. The molecular formula is C24H27FN6O2. The summed E-state index contributed by atoms with van der Waals surface area (Å²) >= 11 is 0. The Bertz CT molecular complexity index is 1230. The number of fused-ring (bicyclic) bond motifs is 1. The summed E-state index contributed by atoms with van der Waals surface area (Å²) in [7, 11) is 1.56. The summed E-state index contributed by atoms with van der Waals surface area (Å²) in [5.41, 5.74) is 9.00. The van der Waals surface area contributed by atoms with Crippen molar-refractivity contribution in [1.82, 2.24) is 20.3 Å². The molecule has 0 spiro atoms. The molecule has 0 saturated heterocycles. The maximum atomic E-state index is 14.3. The van der Waals surface area contributed by atoms with Crippen LogP contribution in [0.15, 0.2) is 41.2 Å². The van der Waals surface area contributed by atoms with Gasteiger partial charge < -0.3 is 21.1 Å². The number of nitrogens with zero attached hydrogens (tertiary/aromatic N) is 3. The van der Waals surface area contributed by atoms with Gasteiger partial charge in [0.05, 0.1) is 12.1 Å². The fraction of sp³-hybridized carbons (Fsp3) is 0.333. The van der Waals surface area contributed by atoms with Crippen molar-refractivity contribution in [3.63, 3.8) is 0 Å². The van der Waals surface area contributed by atoms with Gasteiger partial charge in [-0.2, -0.15) is 0 Å². The topological polar surface area (TPSA) is 129 Å². The minimum Gasteiger partial charge on any atom is -0.400 e. The highest BCUT2D eigenvalue weighted by atomic mass is 19.1. The van der Waals surface area contributed by atoms with Gasteiger partial charge in [0.1, 0.15) is 17.2 Å². The lowest BCUT2D eigenvalue weighted by molar-refractivity contribution is 0.0947. The first kappa shape index (κ1) is 22.6. The second-order valence-electron chi connectivity index (χ2n) is 8.17. The van der Waals surface area contributed by atoms with Crippen molar-refractivity contribution in [3.8, 4) is 0 Å². The highest BCUT2D eigenvalue weighted by Gasteiger charge is 2.22. The minimum atomic E-state index is -0.488. The number of aliphatic hydroxyl groups is 1. The van der Waals surface area contributed by atoms with Crippen LogP contribution in [0.3, 0.4) is 0 Å². The first-order valence-electron chi connectivity index (χ1n) is 10.9. The van der Waals surface area contributed by atoms with E-state index in [0.29, 0.717) is 28.1 Å². The van der Waals surface area contributed by atoms with Crippen molar-refractivity contribution >= 4 is 28.7 Å². The third-order valence-corrected chi connectivity index (χ3v) is 5.87. The van der Waals surface area contributed by atoms with Crippen molar-refractivity contribution in [2.75, 3.05) is 13.7 Å². The van der Waals surface area contributed by atoms with E-state index in [0.717, 1.165) is 24.2 Å². The molecular weight excluding hydrogens is 423 g/mol. The standard InChI is InChI=1S/C24H27FN6O2/c1-27-12-18(19(26)13-32)16-8-14(9-17(25)10-16)11-29-24(33)22-21-20(6-7-28-22)30-23(31-21)15-4-2-3-5-15/h6-10,12,15,32H,2-5,11,13,26H2,1H3,(H,29,33)(H,30,31). The number of pyridine rings is 1. The molecule has 1 aliphatic rings. The summed E-state index contributed by atoms with van der Waals surface area (Å²) in [5.74, 6) is 0.409. The van der Waals surface area contributed by atoms with Crippen LogP contribution < -0.4 is 11.1 Å². The van der Waals surface area contributed by atoms with Gasteiger partial charge in [0.25, 0.3) is 5.91 Å². The second kappa shape index (κ2) is 9.91. The number of amides is 1. The predicted molar refractivity (Wildman–Crippen MR) is 125 cm³/mol. The number of benzene rings is 1. The van der Waals surface area contributed by atoms with E-state index in [1.807, 2.05) is 6.07 Å². The van der Waals surface area contributed by atoms with Gasteiger partial charge in [0, 0.05) is 43.2 Å². The van der Waals surface area contributed by atoms with Crippen LogP contribution >= 0.6 is 0 Å². The maximum absolute atomic E-state index is 14.3. The number of rotatable bonds is 7. The van der Waals surface area contributed by atoms with Gasteiger partial charge in [-0.15, -0.1) is 0 Å². The van der Waals surface area contributed by atoms with Crippen LogP contribution in [-0.4, -0.2) is 45.8 Å². The zero-order valence-corrected chi connectivity index (χ0v) is 18.4. The molecule has 5 N–H and O–H groups in total. The number of H-pyrrole nitrogens is 1. The minimum absolute atomic E-state index is 0.0805. The third-order valence-electron chi connectivity index (χ3n) is 5.87. The number of carbonyl (C=O) groups excluding carboxylic acids is 1. The molecule has 0 radical (unpaired) electrons. The smallest absolute Gasteiger partial charge is 0.272 e. The summed E-state index contributed by atoms with van der Waals surface area (Å²) in [6.45, 7) is -0.302. The Morgan fingerprint density at radius 2 is 2.15 bits per heavy atom. The van der Waals surface area contributed by atoms with Crippen LogP contribution in [0.4, 0.5) is 4.39 Å². The second-order valence-corrected chi connectivity index (χ2v) is 8.17. The Morgan fingerprint density at radius 3 is 2.88 bits per heavy atom. The largest absolute Gasteiger partial charge is 0.400 e. The molecule has 2 aromatic heterocycles. The van der Waals surface area contributed by atoms with E-state index in [9.17, 15) is 14.3 Å². The van der Waals surface area contributed by atoms with Crippen molar-refractivity contribution < 1.29 is 14.3 Å². The predicted octanol–water partition coefficient (Wildman–Crippen LogP) is 3.05. The van der Waals surface area contributed by atoms with E-state index >= 15 is 0 Å². The zero-order valence-electron chi connectivity index (χ0n) is 18.4. The van der Waals surface area contributed by atoms with Gasteiger partial charge in [0.2, 0.25) is 0 Å². The molecule has 1 amide bonds. The summed E-state index contributed by atoms with van der Waals surface area (Å²) in [5, 5.41) is 12.2. The first-order chi connectivity index (χ1) is 16.0. The lowest BCUT2D eigenvalue weighted by atomic mass is 10.0. The molecule has 4 rings (SSSR count). The molecule has 2 heterocycles. The van der Waals surface area contributed by atoms with Gasteiger partial charge in [-0.1, -0.05) is 12.8 Å². The maximum Gasteiger partial charge on any atom is 0.272 e. The SMILES string of the molecule is CN=CC(=C(N)CO)c1cc(F)cc(CNC(=O)c2nccc3[nH]c(C4CCCC4)nc23)c1. The van der Waals surface area contributed by atoms with Gasteiger partial charge in [-0.25, -0.2) is 14.4 Å². The molecule has 1 aliphatic carbocycles. The molecule has 0 bridgehead atoms. The molecule has 1 saturated carbocycles. The zero-order chi connectivity index (χ0) is 23.4. The van der Waals surface area contributed by atoms with Crippen LogP contribution in [0.25, 0.3) is 16.6 Å². The van der Waals surface area contributed by atoms with Crippen LogP contribution in [0, 0.1) is 5.82 Å². The summed E-state index contributed by atoms with van der Waals surface area (Å²) in [6, 6.07) is 6.15. The van der Waals surface area contributed by atoms with Crippen LogP contribution in [0.5, 0.6) is 0 Å². The van der Waals surface area contributed by atoms with E-state index in [1.165, 1.54) is 31.2 Å². The fourth-order valence-electron chi connectivity index (χ4n) is 4.24. The van der Waals surface area contributed by atoms with Gasteiger partial charge >= 0.3 is 0 Å². The number of imidazole rings is 1. The van der Waals surface area contributed by atoms with Crippen molar-refractivity contribution in [1.29, 1.82) is 0 Å². The van der Waals surface area contributed by atoms with Crippen LogP contribution in [0.1, 0.15) is 59.0 Å². The van der Waals surface area contributed by atoms with Crippen molar-refractivity contribution in [2.24, 2.45) is 10.7 Å². The molecule has 3 aromatic rings. The van der Waals surface area contributed by atoms with E-state index in [4.69, 9.17) is 5.73 Å². The number of aromatic nitrogens is 3. The summed E-state index contributed by atoms with van der Waals surface area (Å²) < 4.78 is 14.3. The first-order valence-corrected chi connectivity index (χ1v) is 10.9. The van der Waals surface area contributed by atoms with Crippen LogP contribution in [-0.2, 0) is 6.54 Å². The normalized spacial score (nSPS) is 15.4. The van der Waals surface area contributed by atoms with E-state index < -0.39 is 11.7 Å². The molecule has 172 valence electrons. The Kier molecular flexibility index (Phi) is 6.79. The number of nitrogens with two attached hydrogens (primary N) is 1. The quantitative estimate of drug-likeness (QED) is 0.411.